The number of amides is 2. The third kappa shape index (κ3) is 6.51. The molecule has 0 spiro atoms. The van der Waals surface area contributed by atoms with E-state index in [2.05, 4.69) is 21.2 Å². The largest absolute Gasteiger partial charge is 0.483 e. The van der Waals surface area contributed by atoms with Crippen LogP contribution in [0.4, 0.5) is 0 Å². The fourth-order valence-electron chi connectivity index (χ4n) is 2.73. The normalized spacial score (nSPS) is 11.7. The lowest BCUT2D eigenvalue weighted by Gasteiger charge is -2.30. The highest BCUT2D eigenvalue weighted by molar-refractivity contribution is 9.10. The summed E-state index contributed by atoms with van der Waals surface area (Å²) < 4.78 is 6.28. The zero-order chi connectivity index (χ0) is 21.6. The molecule has 0 heterocycles. The Morgan fingerprint density at radius 2 is 1.79 bits per heavy atom. The van der Waals surface area contributed by atoms with E-state index in [1.54, 1.807) is 36.4 Å². The molecule has 29 heavy (non-hydrogen) atoms. The Bertz CT molecular complexity index is 895. The number of hydrogen-bond donors (Lipinski definition) is 1. The van der Waals surface area contributed by atoms with Gasteiger partial charge in [-0.2, -0.15) is 0 Å². The first kappa shape index (κ1) is 23.8. The molecule has 0 saturated carbocycles. The van der Waals surface area contributed by atoms with Gasteiger partial charge in [0.1, 0.15) is 11.8 Å². The average molecular weight is 523 g/mol. The maximum Gasteiger partial charge on any atom is 0.261 e. The molecule has 2 rings (SSSR count). The minimum atomic E-state index is -0.670. The summed E-state index contributed by atoms with van der Waals surface area (Å²) >= 11 is 21.5. The molecule has 5 nitrogen and oxygen atoms in total. The number of benzene rings is 2. The molecule has 0 bridgehead atoms. The Balaban J connectivity index is 2.25. The molecule has 156 valence electrons. The van der Waals surface area contributed by atoms with Crippen LogP contribution < -0.4 is 10.1 Å². The minimum Gasteiger partial charge on any atom is -0.483 e. The van der Waals surface area contributed by atoms with E-state index < -0.39 is 6.04 Å². The zero-order valence-corrected chi connectivity index (χ0v) is 19.7. The second-order valence-electron chi connectivity index (χ2n) is 6.16. The summed E-state index contributed by atoms with van der Waals surface area (Å²) in [4.78, 5) is 26.8. The molecule has 0 aromatic heterocycles. The molecule has 0 aliphatic carbocycles. The standard InChI is InChI=1S/C20H20BrCl3N2O3/c1-3-17(20(28)25-2)26(10-12-4-5-14(23)9-16(12)24)19(27)11-29-18-7-6-13(22)8-15(18)21/h4-9,17H,3,10-11H2,1-2H3,(H,25,28)/t17-/m0/s1. The second kappa shape index (κ2) is 11.1. The van der Waals surface area contributed by atoms with Crippen molar-refractivity contribution in [2.24, 2.45) is 0 Å². The molecule has 0 aliphatic heterocycles. The van der Waals surface area contributed by atoms with Gasteiger partial charge in [0.25, 0.3) is 5.91 Å². The van der Waals surface area contributed by atoms with Crippen molar-refractivity contribution in [2.75, 3.05) is 13.7 Å². The van der Waals surface area contributed by atoms with Gasteiger partial charge in [0.2, 0.25) is 5.91 Å². The van der Waals surface area contributed by atoms with Crippen LogP contribution in [0, 0.1) is 0 Å². The van der Waals surface area contributed by atoms with Crippen LogP contribution in [0.15, 0.2) is 40.9 Å². The van der Waals surface area contributed by atoms with E-state index in [4.69, 9.17) is 39.5 Å². The molecule has 2 amide bonds. The van der Waals surface area contributed by atoms with E-state index in [1.807, 2.05) is 6.92 Å². The molecule has 0 aliphatic rings. The number of nitrogens with one attached hydrogen (secondary N) is 1. The molecule has 1 atom stereocenters. The van der Waals surface area contributed by atoms with Gasteiger partial charge in [0.15, 0.2) is 6.61 Å². The van der Waals surface area contributed by atoms with Crippen LogP contribution in [0.2, 0.25) is 15.1 Å². The summed E-state index contributed by atoms with van der Waals surface area (Å²) in [6, 6.07) is 9.35. The third-order valence-electron chi connectivity index (χ3n) is 4.23. The summed E-state index contributed by atoms with van der Waals surface area (Å²) in [5, 5.41) is 4.05. The maximum atomic E-state index is 13.0. The molecular formula is C20H20BrCl3N2O3. The van der Waals surface area contributed by atoms with E-state index >= 15 is 0 Å². The zero-order valence-electron chi connectivity index (χ0n) is 15.8. The van der Waals surface area contributed by atoms with Gasteiger partial charge in [-0.15, -0.1) is 0 Å². The summed E-state index contributed by atoms with van der Waals surface area (Å²) in [7, 11) is 1.53. The Kier molecular flexibility index (Phi) is 9.08. The van der Waals surface area contributed by atoms with Gasteiger partial charge in [-0.05, 0) is 58.2 Å². The number of likely N-dealkylation sites (N-methyl/N-ethyl adjacent to an activating group) is 1. The van der Waals surface area contributed by atoms with Crippen LogP contribution in [0.1, 0.15) is 18.9 Å². The van der Waals surface area contributed by atoms with Crippen molar-refractivity contribution in [3.8, 4) is 5.75 Å². The number of ether oxygens (including phenoxy) is 1. The third-order valence-corrected chi connectivity index (χ3v) is 5.67. The van der Waals surface area contributed by atoms with Crippen molar-refractivity contribution in [2.45, 2.75) is 25.9 Å². The monoisotopic (exact) mass is 520 g/mol. The van der Waals surface area contributed by atoms with Crippen molar-refractivity contribution >= 4 is 62.5 Å². The maximum absolute atomic E-state index is 13.0. The first-order valence-electron chi connectivity index (χ1n) is 8.79. The fourth-order valence-corrected chi connectivity index (χ4v) is 4.00. The van der Waals surface area contributed by atoms with Crippen molar-refractivity contribution < 1.29 is 14.3 Å². The molecule has 2 aromatic carbocycles. The van der Waals surface area contributed by atoms with Gasteiger partial charge in [-0.3, -0.25) is 9.59 Å². The highest BCUT2D eigenvalue weighted by Gasteiger charge is 2.29. The molecular weight excluding hydrogens is 502 g/mol. The average Bonchev–Trinajstić information content (AvgIpc) is 2.68. The van der Waals surface area contributed by atoms with Gasteiger partial charge in [0, 0.05) is 28.7 Å². The van der Waals surface area contributed by atoms with Gasteiger partial charge in [0.05, 0.1) is 4.47 Å². The van der Waals surface area contributed by atoms with Crippen LogP contribution in [-0.4, -0.2) is 36.4 Å². The topological polar surface area (TPSA) is 58.6 Å². The molecule has 2 aromatic rings. The molecule has 0 fully saturated rings. The van der Waals surface area contributed by atoms with E-state index in [0.717, 1.165) is 0 Å². The van der Waals surface area contributed by atoms with Crippen LogP contribution >= 0.6 is 50.7 Å². The quantitative estimate of drug-likeness (QED) is 0.509. The van der Waals surface area contributed by atoms with Crippen LogP contribution in [-0.2, 0) is 16.1 Å². The highest BCUT2D eigenvalue weighted by Crippen LogP contribution is 2.28. The lowest BCUT2D eigenvalue weighted by Crippen LogP contribution is -2.49. The van der Waals surface area contributed by atoms with Crippen molar-refractivity contribution in [1.82, 2.24) is 10.2 Å². The van der Waals surface area contributed by atoms with E-state index in [-0.39, 0.29) is 25.0 Å². The lowest BCUT2D eigenvalue weighted by molar-refractivity contribution is -0.142. The SMILES string of the molecule is CC[C@@H](C(=O)NC)N(Cc1ccc(Cl)cc1Cl)C(=O)COc1ccc(Cl)cc1Br. The molecule has 1 N–H and O–H groups in total. The number of rotatable bonds is 8. The number of hydrogen-bond acceptors (Lipinski definition) is 3. The van der Waals surface area contributed by atoms with Crippen LogP contribution in [0.5, 0.6) is 5.75 Å². The minimum absolute atomic E-state index is 0.145. The second-order valence-corrected chi connectivity index (χ2v) is 8.29. The molecule has 0 unspecified atom stereocenters. The van der Waals surface area contributed by atoms with E-state index in [0.29, 0.717) is 37.3 Å². The lowest BCUT2D eigenvalue weighted by atomic mass is 10.1. The number of nitrogens with zero attached hydrogens (tertiary/aromatic N) is 1. The summed E-state index contributed by atoms with van der Waals surface area (Å²) in [6.45, 7) is 1.73. The van der Waals surface area contributed by atoms with E-state index in [9.17, 15) is 9.59 Å². The van der Waals surface area contributed by atoms with Crippen LogP contribution in [0.25, 0.3) is 0 Å². The van der Waals surface area contributed by atoms with Crippen LogP contribution in [0.3, 0.4) is 0 Å². The van der Waals surface area contributed by atoms with Crippen molar-refractivity contribution in [1.29, 1.82) is 0 Å². The Labute approximate surface area is 193 Å². The number of carbonyl (C=O) groups is 2. The summed E-state index contributed by atoms with van der Waals surface area (Å²) in [5.74, 6) is -0.146. The molecule has 0 saturated heterocycles. The van der Waals surface area contributed by atoms with Gasteiger partial charge < -0.3 is 15.0 Å². The first-order chi connectivity index (χ1) is 13.8. The van der Waals surface area contributed by atoms with E-state index in [1.165, 1.54) is 11.9 Å². The first-order valence-corrected chi connectivity index (χ1v) is 10.7. The number of carbonyl (C=O) groups excluding carboxylic acids is 2. The molecule has 9 heteroatoms. The smallest absolute Gasteiger partial charge is 0.261 e. The Morgan fingerprint density at radius 3 is 2.38 bits per heavy atom. The van der Waals surface area contributed by atoms with Crippen molar-refractivity contribution in [3.63, 3.8) is 0 Å². The predicted octanol–water partition coefficient (Wildman–Crippen LogP) is 5.34. The number of halogens is 4. The summed E-state index contributed by atoms with van der Waals surface area (Å²) in [5.41, 5.74) is 0.680. The fraction of sp³-hybridized carbons (Fsp3) is 0.300. The van der Waals surface area contributed by atoms with Crippen molar-refractivity contribution in [3.05, 3.63) is 61.5 Å². The predicted molar refractivity (Wildman–Crippen MR) is 120 cm³/mol. The van der Waals surface area contributed by atoms with Gasteiger partial charge in [-0.25, -0.2) is 0 Å². The molecule has 0 radical (unpaired) electrons. The summed E-state index contributed by atoms with van der Waals surface area (Å²) in [6.07, 6.45) is 0.432. The Morgan fingerprint density at radius 1 is 1.14 bits per heavy atom. The highest BCUT2D eigenvalue weighted by atomic mass is 79.9. The Hall–Kier alpha value is -1.47. The van der Waals surface area contributed by atoms with Gasteiger partial charge >= 0.3 is 0 Å². The van der Waals surface area contributed by atoms with Gasteiger partial charge in [-0.1, -0.05) is 47.8 Å².